The van der Waals surface area contributed by atoms with Crippen molar-refractivity contribution < 1.29 is 14.7 Å². The van der Waals surface area contributed by atoms with E-state index < -0.39 is 12.0 Å². The third-order valence-corrected chi connectivity index (χ3v) is 5.79. The summed E-state index contributed by atoms with van der Waals surface area (Å²) in [5.41, 5.74) is 1.54. The van der Waals surface area contributed by atoms with E-state index in [0.717, 1.165) is 22.9 Å². The molecule has 1 N–H and O–H groups in total. The van der Waals surface area contributed by atoms with E-state index in [1.807, 2.05) is 19.1 Å². The van der Waals surface area contributed by atoms with Crippen LogP contribution in [0.15, 0.2) is 22.7 Å². The van der Waals surface area contributed by atoms with Gasteiger partial charge in [0.15, 0.2) is 0 Å². The lowest BCUT2D eigenvalue weighted by Crippen LogP contribution is -2.46. The van der Waals surface area contributed by atoms with Crippen molar-refractivity contribution in [1.82, 2.24) is 4.90 Å². The monoisotopic (exact) mass is 369 g/mol. The first-order valence-electron chi connectivity index (χ1n) is 6.91. The zero-order chi connectivity index (χ0) is 15.1. The molecule has 1 saturated heterocycles. The number of amides is 1. The summed E-state index contributed by atoms with van der Waals surface area (Å²) in [4.78, 5) is 25.9. The number of rotatable bonds is 3. The topological polar surface area (TPSA) is 57.6 Å². The molecule has 1 amide bonds. The largest absolute Gasteiger partial charge is 0.480 e. The van der Waals surface area contributed by atoms with Gasteiger partial charge in [-0.05, 0) is 49.4 Å². The Hall–Kier alpha value is -1.01. The van der Waals surface area contributed by atoms with Gasteiger partial charge in [-0.15, -0.1) is 11.8 Å². The highest BCUT2D eigenvalue weighted by Gasteiger charge is 2.48. The average molecular weight is 370 g/mol. The van der Waals surface area contributed by atoms with Crippen LogP contribution in [0.4, 0.5) is 0 Å². The minimum absolute atomic E-state index is 0.0119. The molecule has 112 valence electrons. The van der Waals surface area contributed by atoms with Crippen LogP contribution in [0.25, 0.3) is 0 Å². The fraction of sp³-hybridized carbons (Fsp3) is 0.467. The second kappa shape index (κ2) is 5.65. The van der Waals surface area contributed by atoms with E-state index in [-0.39, 0.29) is 11.3 Å². The van der Waals surface area contributed by atoms with Gasteiger partial charge in [-0.1, -0.05) is 15.9 Å². The highest BCUT2D eigenvalue weighted by Crippen LogP contribution is 2.46. The Morgan fingerprint density at radius 2 is 2.05 bits per heavy atom. The number of halogens is 1. The van der Waals surface area contributed by atoms with Crippen LogP contribution in [0.3, 0.4) is 0 Å². The molecule has 0 bridgehead atoms. The summed E-state index contributed by atoms with van der Waals surface area (Å²) < 4.78 is 0.840. The van der Waals surface area contributed by atoms with Gasteiger partial charge in [-0.25, -0.2) is 4.79 Å². The second-order valence-electron chi connectivity index (χ2n) is 5.65. The van der Waals surface area contributed by atoms with Gasteiger partial charge in [-0.2, -0.15) is 0 Å². The molecule has 2 aliphatic rings. The van der Waals surface area contributed by atoms with E-state index >= 15 is 0 Å². The maximum absolute atomic E-state index is 12.8. The first-order valence-corrected chi connectivity index (χ1v) is 8.76. The molecule has 6 heteroatoms. The van der Waals surface area contributed by atoms with Crippen LogP contribution in [0, 0.1) is 12.8 Å². The van der Waals surface area contributed by atoms with Gasteiger partial charge in [0, 0.05) is 15.8 Å². The van der Waals surface area contributed by atoms with Crippen molar-refractivity contribution >= 4 is 39.6 Å². The Balaban J connectivity index is 1.93. The van der Waals surface area contributed by atoms with E-state index in [9.17, 15) is 14.7 Å². The number of hydrogen-bond donors (Lipinski definition) is 1. The highest BCUT2D eigenvalue weighted by molar-refractivity contribution is 9.10. The molecule has 4 nitrogen and oxygen atoms in total. The Labute approximate surface area is 136 Å². The molecular weight excluding hydrogens is 354 g/mol. The molecule has 1 aliphatic carbocycles. The van der Waals surface area contributed by atoms with Crippen molar-refractivity contribution in [3.63, 3.8) is 0 Å². The number of carbonyl (C=O) groups is 2. The van der Waals surface area contributed by atoms with E-state index in [1.54, 1.807) is 22.7 Å². The minimum Gasteiger partial charge on any atom is -0.480 e. The molecule has 2 unspecified atom stereocenters. The van der Waals surface area contributed by atoms with Gasteiger partial charge in [0.1, 0.15) is 6.04 Å². The molecule has 0 aromatic heterocycles. The number of benzene rings is 1. The molecule has 1 heterocycles. The van der Waals surface area contributed by atoms with E-state index in [2.05, 4.69) is 15.9 Å². The molecule has 0 radical (unpaired) electrons. The van der Waals surface area contributed by atoms with Crippen molar-refractivity contribution in [2.24, 2.45) is 5.92 Å². The Morgan fingerprint density at radius 1 is 1.33 bits per heavy atom. The Kier molecular flexibility index (Phi) is 4.01. The second-order valence-corrected chi connectivity index (χ2v) is 7.71. The first kappa shape index (κ1) is 14.9. The van der Waals surface area contributed by atoms with Gasteiger partial charge in [0.2, 0.25) is 0 Å². The molecular formula is C15H16BrNO3S. The van der Waals surface area contributed by atoms with E-state index in [1.165, 1.54) is 0 Å². The van der Waals surface area contributed by atoms with E-state index in [4.69, 9.17) is 0 Å². The van der Waals surface area contributed by atoms with Crippen molar-refractivity contribution in [2.45, 2.75) is 31.2 Å². The third kappa shape index (κ3) is 2.97. The predicted molar refractivity (Wildman–Crippen MR) is 85.4 cm³/mol. The number of nitrogens with zero attached hydrogens (tertiary/aromatic N) is 1. The third-order valence-electron chi connectivity index (χ3n) is 3.87. The van der Waals surface area contributed by atoms with Crippen molar-refractivity contribution in [3.8, 4) is 0 Å². The zero-order valence-electron chi connectivity index (χ0n) is 11.6. The van der Waals surface area contributed by atoms with Crippen LogP contribution >= 0.6 is 27.7 Å². The number of hydrogen-bond acceptors (Lipinski definition) is 3. The standard InChI is InChI=1S/C15H16BrNO3S/c1-8-4-10(6-11(16)5-8)13(18)17-12(15(19)20)7-21-14(17)9-2-3-9/h4-6,9,12,14H,2-3,7H2,1H3,(H,19,20). The lowest BCUT2D eigenvalue weighted by Gasteiger charge is -2.27. The van der Waals surface area contributed by atoms with Crippen LogP contribution in [-0.4, -0.2) is 39.1 Å². The van der Waals surface area contributed by atoms with Crippen LogP contribution < -0.4 is 0 Å². The Morgan fingerprint density at radius 3 is 2.62 bits per heavy atom. The molecule has 21 heavy (non-hydrogen) atoms. The van der Waals surface area contributed by atoms with Crippen molar-refractivity contribution in [2.75, 3.05) is 5.75 Å². The maximum Gasteiger partial charge on any atom is 0.327 e. The number of aryl methyl sites for hydroxylation is 1. The summed E-state index contributed by atoms with van der Waals surface area (Å²) in [7, 11) is 0. The fourth-order valence-corrected chi connectivity index (χ4v) is 4.97. The lowest BCUT2D eigenvalue weighted by molar-refractivity contribution is -0.141. The molecule has 1 aromatic rings. The summed E-state index contributed by atoms with van der Waals surface area (Å²) in [6.45, 7) is 1.92. The molecule has 3 rings (SSSR count). The fourth-order valence-electron chi connectivity index (χ4n) is 2.73. The van der Waals surface area contributed by atoms with Gasteiger partial charge >= 0.3 is 5.97 Å². The first-order chi connectivity index (χ1) is 9.97. The van der Waals surface area contributed by atoms with Crippen LogP contribution in [0.1, 0.15) is 28.8 Å². The Bertz CT molecular complexity index is 582. The molecule has 1 aliphatic heterocycles. The number of carbonyl (C=O) groups excluding carboxylic acids is 1. The van der Waals surface area contributed by atoms with E-state index in [0.29, 0.717) is 17.2 Å². The summed E-state index contributed by atoms with van der Waals surface area (Å²) in [5.74, 6) is -0.147. The van der Waals surface area contributed by atoms with Crippen LogP contribution in [0.5, 0.6) is 0 Å². The minimum atomic E-state index is -0.911. The molecule has 1 aromatic carbocycles. The summed E-state index contributed by atoms with van der Waals surface area (Å²) >= 11 is 5.00. The zero-order valence-corrected chi connectivity index (χ0v) is 14.0. The number of carboxylic acids is 1. The van der Waals surface area contributed by atoms with Crippen molar-refractivity contribution in [3.05, 3.63) is 33.8 Å². The van der Waals surface area contributed by atoms with Gasteiger partial charge in [-0.3, -0.25) is 4.79 Å². The number of carboxylic acid groups (broad SMARTS) is 1. The van der Waals surface area contributed by atoms with Crippen LogP contribution in [0.2, 0.25) is 0 Å². The van der Waals surface area contributed by atoms with Crippen molar-refractivity contribution in [1.29, 1.82) is 0 Å². The van der Waals surface area contributed by atoms with Gasteiger partial charge < -0.3 is 10.0 Å². The van der Waals surface area contributed by atoms with Gasteiger partial charge in [0.05, 0.1) is 5.37 Å². The lowest BCUT2D eigenvalue weighted by atomic mass is 10.1. The molecule has 2 fully saturated rings. The smallest absolute Gasteiger partial charge is 0.327 e. The molecule has 2 atom stereocenters. The number of aliphatic carboxylic acids is 1. The van der Waals surface area contributed by atoms with Gasteiger partial charge in [0.25, 0.3) is 5.91 Å². The normalized spacial score (nSPS) is 25.1. The predicted octanol–water partition coefficient (Wildman–Crippen LogP) is 3.14. The summed E-state index contributed by atoms with van der Waals surface area (Å²) in [5, 5.41) is 9.40. The average Bonchev–Trinajstić information content (AvgIpc) is 3.15. The van der Waals surface area contributed by atoms with Crippen LogP contribution in [-0.2, 0) is 4.79 Å². The highest BCUT2D eigenvalue weighted by atomic mass is 79.9. The number of thioether (sulfide) groups is 1. The summed E-state index contributed by atoms with van der Waals surface area (Å²) in [6, 6.07) is 4.80. The maximum atomic E-state index is 12.8. The SMILES string of the molecule is Cc1cc(Br)cc(C(=O)N2C(C(=O)O)CSC2C2CC2)c1. The summed E-state index contributed by atoms with van der Waals surface area (Å²) in [6.07, 6.45) is 2.18. The quantitative estimate of drug-likeness (QED) is 0.888. The molecule has 0 spiro atoms. The molecule has 1 saturated carbocycles.